The molecule has 0 radical (unpaired) electrons. The second kappa shape index (κ2) is 5.43. The number of hydrogen-bond acceptors (Lipinski definition) is 6. The third-order valence-electron chi connectivity index (χ3n) is 5.83. The number of carbonyl (C=O) groups excluding carboxylic acids is 2. The minimum absolute atomic E-state index is 0.0539. The average Bonchev–Trinajstić information content (AvgIpc) is 2.91. The van der Waals surface area contributed by atoms with Gasteiger partial charge in [-0.3, -0.25) is 4.79 Å². The van der Waals surface area contributed by atoms with E-state index in [0.717, 1.165) is 6.42 Å². The Hall–Kier alpha value is -1.66. The number of aliphatic hydroxyl groups is 1. The molecule has 0 amide bonds. The van der Waals surface area contributed by atoms with Crippen molar-refractivity contribution in [2.75, 3.05) is 7.11 Å². The van der Waals surface area contributed by atoms with Gasteiger partial charge < -0.3 is 19.3 Å². The summed E-state index contributed by atoms with van der Waals surface area (Å²) in [6.07, 6.45) is 1.02. The van der Waals surface area contributed by atoms with Crippen LogP contribution < -0.4 is 0 Å². The van der Waals surface area contributed by atoms with Crippen LogP contribution in [0, 0.1) is 11.8 Å². The second-order valence-corrected chi connectivity index (χ2v) is 7.44. The van der Waals surface area contributed by atoms with Gasteiger partial charge in [0.2, 0.25) is 0 Å². The van der Waals surface area contributed by atoms with Crippen molar-refractivity contribution in [3.63, 3.8) is 0 Å². The summed E-state index contributed by atoms with van der Waals surface area (Å²) in [5.41, 5.74) is -0.963. The van der Waals surface area contributed by atoms with Gasteiger partial charge in [0.05, 0.1) is 22.7 Å². The molecule has 0 spiro atoms. The molecule has 5 atom stereocenters. The lowest BCUT2D eigenvalue weighted by molar-refractivity contribution is -0.150. The summed E-state index contributed by atoms with van der Waals surface area (Å²) in [5.74, 6) is -1.05. The quantitative estimate of drug-likeness (QED) is 0.612. The minimum atomic E-state index is -1.03. The Morgan fingerprint density at radius 1 is 1.42 bits per heavy atom. The van der Waals surface area contributed by atoms with Gasteiger partial charge in [-0.1, -0.05) is 6.58 Å². The number of carbonyl (C=O) groups is 2. The van der Waals surface area contributed by atoms with E-state index in [9.17, 15) is 14.7 Å². The molecule has 0 aromatic rings. The van der Waals surface area contributed by atoms with Gasteiger partial charge in [-0.2, -0.15) is 0 Å². The fourth-order valence-corrected chi connectivity index (χ4v) is 4.54. The maximum Gasteiger partial charge on any atom is 0.343 e. The molecule has 0 aromatic carbocycles. The number of esters is 2. The normalized spacial score (nSPS) is 41.6. The van der Waals surface area contributed by atoms with Crippen LogP contribution in [0.25, 0.3) is 0 Å². The van der Waals surface area contributed by atoms with Crippen LogP contribution in [0.5, 0.6) is 0 Å². The predicted octanol–water partition coefficient (Wildman–Crippen LogP) is 1.87. The summed E-state index contributed by atoms with van der Waals surface area (Å²) in [5, 5.41) is 10.9. The molecule has 132 valence electrons. The monoisotopic (exact) mass is 336 g/mol. The zero-order valence-corrected chi connectivity index (χ0v) is 14.5. The van der Waals surface area contributed by atoms with Crippen LogP contribution >= 0.6 is 0 Å². The Balaban J connectivity index is 2.17. The van der Waals surface area contributed by atoms with E-state index in [1.165, 1.54) is 6.92 Å². The Morgan fingerprint density at radius 2 is 2.08 bits per heavy atom. The molecule has 3 rings (SSSR count). The van der Waals surface area contributed by atoms with E-state index in [1.807, 2.05) is 6.92 Å². The highest BCUT2D eigenvalue weighted by molar-refractivity contribution is 5.97. The first kappa shape index (κ1) is 17.2. The lowest BCUT2D eigenvalue weighted by atomic mass is 9.76. The van der Waals surface area contributed by atoms with Gasteiger partial charge in [-0.05, 0) is 26.7 Å². The maximum atomic E-state index is 12.1. The molecule has 0 bridgehead atoms. The lowest BCUT2D eigenvalue weighted by Crippen LogP contribution is -2.44. The summed E-state index contributed by atoms with van der Waals surface area (Å²) in [7, 11) is 1.62. The Bertz CT molecular complexity index is 646. The Labute approximate surface area is 141 Å². The van der Waals surface area contributed by atoms with E-state index in [2.05, 4.69) is 6.58 Å². The van der Waals surface area contributed by atoms with Crippen LogP contribution in [0.1, 0.15) is 40.0 Å². The molecule has 3 aliphatic rings. The molecule has 1 heterocycles. The molecular weight excluding hydrogens is 312 g/mol. The average molecular weight is 336 g/mol. The molecule has 6 nitrogen and oxygen atoms in total. The predicted molar refractivity (Wildman–Crippen MR) is 84.7 cm³/mol. The van der Waals surface area contributed by atoms with Gasteiger partial charge in [0.1, 0.15) is 11.9 Å². The van der Waals surface area contributed by atoms with Crippen molar-refractivity contribution in [2.24, 2.45) is 11.8 Å². The van der Waals surface area contributed by atoms with Crippen molar-refractivity contribution in [3.05, 3.63) is 23.5 Å². The summed E-state index contributed by atoms with van der Waals surface area (Å²) >= 11 is 0. The summed E-state index contributed by atoms with van der Waals surface area (Å²) in [4.78, 5) is 23.7. The number of methoxy groups -OCH3 is 1. The lowest BCUT2D eigenvalue weighted by Gasteiger charge is -2.39. The van der Waals surface area contributed by atoms with Crippen molar-refractivity contribution in [2.45, 2.75) is 57.3 Å². The number of ether oxygens (including phenoxy) is 3. The third-order valence-corrected chi connectivity index (χ3v) is 5.83. The van der Waals surface area contributed by atoms with Gasteiger partial charge in [0.25, 0.3) is 0 Å². The first-order chi connectivity index (χ1) is 11.1. The Kier molecular flexibility index (Phi) is 3.88. The van der Waals surface area contributed by atoms with E-state index >= 15 is 0 Å². The van der Waals surface area contributed by atoms with Gasteiger partial charge in [0, 0.05) is 31.9 Å². The smallest absolute Gasteiger partial charge is 0.343 e. The van der Waals surface area contributed by atoms with Crippen molar-refractivity contribution in [1.29, 1.82) is 0 Å². The van der Waals surface area contributed by atoms with Crippen LogP contribution in [-0.4, -0.2) is 41.5 Å². The number of fused-ring (bicyclic) bond motifs is 2. The van der Waals surface area contributed by atoms with E-state index in [4.69, 9.17) is 14.2 Å². The highest BCUT2D eigenvalue weighted by Crippen LogP contribution is 2.56. The Morgan fingerprint density at radius 3 is 2.67 bits per heavy atom. The molecule has 24 heavy (non-hydrogen) atoms. The minimum Gasteiger partial charge on any atom is -0.457 e. The maximum absolute atomic E-state index is 12.1. The van der Waals surface area contributed by atoms with Gasteiger partial charge in [-0.25, -0.2) is 4.79 Å². The zero-order valence-electron chi connectivity index (χ0n) is 14.5. The van der Waals surface area contributed by atoms with Gasteiger partial charge in [-0.15, -0.1) is 0 Å². The number of rotatable bonds is 2. The first-order valence-corrected chi connectivity index (χ1v) is 8.21. The summed E-state index contributed by atoms with van der Waals surface area (Å²) in [6.45, 7) is 8.84. The molecule has 1 fully saturated rings. The standard InChI is InChI=1S/C18H24O6/c1-9-13-12(23-10(2)19)8-18(4,22-5)11-6-7-17(3,21)14(11)15(13)24-16(9)20/h11-12,14,21H,1,6-8H2,2-5H3. The van der Waals surface area contributed by atoms with Crippen LogP contribution in [0.15, 0.2) is 23.5 Å². The van der Waals surface area contributed by atoms with E-state index in [1.54, 1.807) is 14.0 Å². The molecule has 1 saturated carbocycles. The largest absolute Gasteiger partial charge is 0.457 e. The van der Waals surface area contributed by atoms with Crippen molar-refractivity contribution in [3.8, 4) is 0 Å². The van der Waals surface area contributed by atoms with Crippen molar-refractivity contribution in [1.82, 2.24) is 0 Å². The molecule has 0 saturated heterocycles. The highest BCUT2D eigenvalue weighted by atomic mass is 16.6. The first-order valence-electron chi connectivity index (χ1n) is 8.21. The molecule has 6 heteroatoms. The van der Waals surface area contributed by atoms with Crippen molar-refractivity contribution < 1.29 is 28.9 Å². The van der Waals surface area contributed by atoms with E-state index in [-0.39, 0.29) is 11.5 Å². The van der Waals surface area contributed by atoms with Crippen LogP contribution in [0.2, 0.25) is 0 Å². The SMILES string of the molecule is C=C1C(=O)OC2=C1C(OC(C)=O)CC(C)(OC)C1CCC(C)(O)C21. The van der Waals surface area contributed by atoms with E-state index in [0.29, 0.717) is 24.2 Å². The number of hydrogen-bond donors (Lipinski definition) is 1. The van der Waals surface area contributed by atoms with Crippen molar-refractivity contribution >= 4 is 11.9 Å². The fraction of sp³-hybridized carbons (Fsp3) is 0.667. The highest BCUT2D eigenvalue weighted by Gasteiger charge is 2.59. The second-order valence-electron chi connectivity index (χ2n) is 7.44. The van der Waals surface area contributed by atoms with Crippen LogP contribution in [0.4, 0.5) is 0 Å². The third kappa shape index (κ3) is 2.40. The molecular formula is C18H24O6. The summed E-state index contributed by atoms with van der Waals surface area (Å²) in [6, 6.07) is 0. The van der Waals surface area contributed by atoms with E-state index < -0.39 is 35.2 Å². The molecule has 1 N–H and O–H groups in total. The van der Waals surface area contributed by atoms with Gasteiger partial charge >= 0.3 is 11.9 Å². The molecule has 5 unspecified atom stereocenters. The van der Waals surface area contributed by atoms with Crippen LogP contribution in [-0.2, 0) is 23.8 Å². The summed E-state index contributed by atoms with van der Waals surface area (Å²) < 4.78 is 16.8. The molecule has 1 aliphatic heterocycles. The van der Waals surface area contributed by atoms with Gasteiger partial charge in [0.15, 0.2) is 0 Å². The van der Waals surface area contributed by atoms with Crippen LogP contribution in [0.3, 0.4) is 0 Å². The fourth-order valence-electron chi connectivity index (χ4n) is 4.54. The zero-order chi connectivity index (χ0) is 17.9. The molecule has 2 aliphatic carbocycles. The topological polar surface area (TPSA) is 82.1 Å². The molecule has 0 aromatic heterocycles.